The van der Waals surface area contributed by atoms with E-state index in [0.29, 0.717) is 12.5 Å². The van der Waals surface area contributed by atoms with Crippen LogP contribution in [0.1, 0.15) is 41.0 Å². The molecule has 176 valence electrons. The average molecular weight is 572 g/mol. The lowest BCUT2D eigenvalue weighted by Crippen LogP contribution is -2.37. The second kappa shape index (κ2) is 10.7. The molecule has 3 atom stereocenters. The van der Waals surface area contributed by atoms with Crippen LogP contribution in [0, 0.1) is 5.92 Å². The maximum atomic E-state index is 13.1. The van der Waals surface area contributed by atoms with Crippen LogP contribution in [0.25, 0.3) is 0 Å². The van der Waals surface area contributed by atoms with Crippen LogP contribution >= 0.6 is 22.6 Å². The summed E-state index contributed by atoms with van der Waals surface area (Å²) < 4.78 is 91.2. The first kappa shape index (κ1) is 25.3. The van der Waals surface area contributed by atoms with Gasteiger partial charge in [0.2, 0.25) is 0 Å². The first-order valence-electron chi connectivity index (χ1n) is 10.2. The third-order valence-corrected chi connectivity index (χ3v) is 6.18. The van der Waals surface area contributed by atoms with Crippen LogP contribution in [0.3, 0.4) is 0 Å². The van der Waals surface area contributed by atoms with E-state index in [9.17, 15) is 26.3 Å². The summed E-state index contributed by atoms with van der Waals surface area (Å²) in [6, 6.07) is 11.3. The molecule has 9 heteroatoms. The molecule has 1 aliphatic rings. The molecule has 1 fully saturated rings. The van der Waals surface area contributed by atoms with E-state index in [1.165, 1.54) is 0 Å². The lowest BCUT2D eigenvalue weighted by molar-refractivity contribution is -0.187. The quantitative estimate of drug-likeness (QED) is 0.198. The minimum atomic E-state index is -4.87. The molecule has 0 radical (unpaired) electrons. The molecule has 0 N–H and O–H groups in total. The molecule has 1 aliphatic heterocycles. The summed E-state index contributed by atoms with van der Waals surface area (Å²) >= 11 is 2.32. The van der Waals surface area contributed by atoms with Gasteiger partial charge in [-0.1, -0.05) is 52.9 Å². The maximum absolute atomic E-state index is 13.1. The number of rotatable bonds is 7. The van der Waals surface area contributed by atoms with Gasteiger partial charge in [-0.3, -0.25) is 0 Å². The van der Waals surface area contributed by atoms with Gasteiger partial charge in [-0.2, -0.15) is 26.3 Å². The van der Waals surface area contributed by atoms with E-state index in [-0.39, 0.29) is 30.6 Å². The van der Waals surface area contributed by atoms with Crippen LogP contribution in [-0.4, -0.2) is 23.9 Å². The second-order valence-corrected chi connectivity index (χ2v) is 8.82. The van der Waals surface area contributed by atoms with Crippen molar-refractivity contribution >= 4 is 22.6 Å². The van der Waals surface area contributed by atoms with Crippen molar-refractivity contribution in [3.8, 4) is 0 Å². The van der Waals surface area contributed by atoms with Gasteiger partial charge in [0, 0.05) is 5.92 Å². The molecular formula is C23H23F6IO2. The molecule has 2 aromatic carbocycles. The van der Waals surface area contributed by atoms with E-state index in [0.717, 1.165) is 35.0 Å². The van der Waals surface area contributed by atoms with Gasteiger partial charge in [-0.25, -0.2) is 0 Å². The van der Waals surface area contributed by atoms with Crippen LogP contribution in [0.5, 0.6) is 0 Å². The predicted octanol–water partition coefficient (Wildman–Crippen LogP) is 7.25. The summed E-state index contributed by atoms with van der Waals surface area (Å²) in [5, 5.41) is 0. The third kappa shape index (κ3) is 6.60. The van der Waals surface area contributed by atoms with Gasteiger partial charge in [0.1, 0.15) is 0 Å². The Balaban J connectivity index is 1.75. The summed E-state index contributed by atoms with van der Waals surface area (Å²) in [4.78, 5) is 0. The summed E-state index contributed by atoms with van der Waals surface area (Å²) in [6.45, 7) is 0.445. The number of ether oxygens (including phenoxy) is 2. The number of halogens is 7. The Hall–Kier alpha value is -1.33. The van der Waals surface area contributed by atoms with E-state index in [2.05, 4.69) is 22.6 Å². The summed E-state index contributed by atoms with van der Waals surface area (Å²) in [5.74, 6) is 0.269. The smallest absolute Gasteiger partial charge is 0.352 e. The van der Waals surface area contributed by atoms with Crippen molar-refractivity contribution < 1.29 is 35.8 Å². The summed E-state index contributed by atoms with van der Waals surface area (Å²) in [6.07, 6.45) is -8.60. The Morgan fingerprint density at radius 3 is 2.12 bits per heavy atom. The fourth-order valence-electron chi connectivity index (χ4n) is 4.02. The maximum Gasteiger partial charge on any atom is 0.416 e. The number of hydrogen-bond donors (Lipinski definition) is 0. The van der Waals surface area contributed by atoms with Crippen LogP contribution in [0.15, 0.2) is 48.5 Å². The molecule has 32 heavy (non-hydrogen) atoms. The third-order valence-electron chi connectivity index (χ3n) is 5.56. The van der Waals surface area contributed by atoms with Gasteiger partial charge in [-0.05, 0) is 58.9 Å². The van der Waals surface area contributed by atoms with Crippen LogP contribution < -0.4 is 0 Å². The van der Waals surface area contributed by atoms with E-state index in [1.807, 2.05) is 30.3 Å². The highest BCUT2D eigenvalue weighted by atomic mass is 127. The summed E-state index contributed by atoms with van der Waals surface area (Å²) in [7, 11) is 0. The van der Waals surface area contributed by atoms with Gasteiger partial charge in [0.15, 0.2) is 6.29 Å². The fraction of sp³-hybridized carbons (Fsp3) is 0.478. The minimum absolute atomic E-state index is 0.0491. The monoisotopic (exact) mass is 572 g/mol. The molecule has 1 heterocycles. The first-order chi connectivity index (χ1) is 15.1. The topological polar surface area (TPSA) is 18.5 Å². The lowest BCUT2D eigenvalue weighted by Gasteiger charge is -2.38. The molecular weight excluding hydrogens is 549 g/mol. The molecule has 0 saturated carbocycles. The van der Waals surface area contributed by atoms with Gasteiger partial charge < -0.3 is 9.47 Å². The first-order valence-corrected chi connectivity index (χ1v) is 11.7. The molecule has 2 nitrogen and oxygen atoms in total. The van der Waals surface area contributed by atoms with E-state index >= 15 is 0 Å². The zero-order valence-corrected chi connectivity index (χ0v) is 19.2. The van der Waals surface area contributed by atoms with Crippen LogP contribution in [-0.2, 0) is 28.2 Å². The molecule has 0 bridgehead atoms. The van der Waals surface area contributed by atoms with Crippen molar-refractivity contribution in [3.63, 3.8) is 0 Å². The highest BCUT2D eigenvalue weighted by molar-refractivity contribution is 14.1. The van der Waals surface area contributed by atoms with Crippen molar-refractivity contribution in [1.29, 1.82) is 0 Å². The van der Waals surface area contributed by atoms with Gasteiger partial charge in [0.05, 0.1) is 24.3 Å². The van der Waals surface area contributed by atoms with Crippen molar-refractivity contribution in [2.75, 3.05) is 17.6 Å². The van der Waals surface area contributed by atoms with Crippen molar-refractivity contribution in [1.82, 2.24) is 0 Å². The Kier molecular flexibility index (Phi) is 8.48. The Morgan fingerprint density at radius 2 is 1.56 bits per heavy atom. The largest absolute Gasteiger partial charge is 0.416 e. The normalized spacial score (nSPS) is 22.2. The van der Waals surface area contributed by atoms with Crippen molar-refractivity contribution in [3.05, 3.63) is 70.8 Å². The second-order valence-electron chi connectivity index (χ2n) is 7.74. The zero-order chi connectivity index (χ0) is 23.4. The number of hydrogen-bond acceptors (Lipinski definition) is 2. The molecule has 2 aromatic rings. The minimum Gasteiger partial charge on any atom is -0.352 e. The molecule has 3 rings (SSSR count). The van der Waals surface area contributed by atoms with Crippen molar-refractivity contribution in [2.24, 2.45) is 5.92 Å². The molecule has 1 saturated heterocycles. The Labute approximate surface area is 196 Å². The zero-order valence-electron chi connectivity index (χ0n) is 17.1. The van der Waals surface area contributed by atoms with E-state index in [4.69, 9.17) is 9.47 Å². The lowest BCUT2D eigenvalue weighted by atomic mass is 9.80. The molecule has 0 spiro atoms. The van der Waals surface area contributed by atoms with E-state index in [1.54, 1.807) is 0 Å². The Bertz CT molecular complexity index is 835. The fourth-order valence-corrected chi connectivity index (χ4v) is 4.82. The highest BCUT2D eigenvalue weighted by Crippen LogP contribution is 2.39. The standard InChI is InChI=1S/C23H23F6IO2/c24-22(25,26)18-12-15(13-19(14-18)23(27,28)29)7-10-31-21-20(16-4-2-1-3-5-16)17(6-9-30)8-11-32-21/h1-5,12-14,17,20-21H,6-11H2/t17-,20-,21-/m0/s1. The van der Waals surface area contributed by atoms with Gasteiger partial charge in [0.25, 0.3) is 0 Å². The molecule has 0 unspecified atom stereocenters. The highest BCUT2D eigenvalue weighted by Gasteiger charge is 2.38. The number of benzene rings is 2. The number of alkyl halides is 7. The summed E-state index contributed by atoms with van der Waals surface area (Å²) in [5.41, 5.74) is -1.67. The van der Waals surface area contributed by atoms with Gasteiger partial charge >= 0.3 is 12.4 Å². The van der Waals surface area contributed by atoms with Gasteiger partial charge in [-0.15, -0.1) is 0 Å². The van der Waals surface area contributed by atoms with E-state index < -0.39 is 29.8 Å². The molecule has 0 amide bonds. The van der Waals surface area contributed by atoms with Crippen molar-refractivity contribution in [2.45, 2.75) is 43.8 Å². The van der Waals surface area contributed by atoms with Crippen LogP contribution in [0.4, 0.5) is 26.3 Å². The average Bonchev–Trinajstić information content (AvgIpc) is 2.73. The molecule has 0 aliphatic carbocycles. The molecule has 0 aromatic heterocycles. The Morgan fingerprint density at radius 1 is 0.938 bits per heavy atom. The predicted molar refractivity (Wildman–Crippen MR) is 117 cm³/mol. The SMILES string of the molecule is FC(F)(F)c1cc(CCO[C@H]2OCC[C@H](CCI)[C@@H]2c2ccccc2)cc(C(F)(F)F)c1. The van der Waals surface area contributed by atoms with Crippen LogP contribution in [0.2, 0.25) is 0 Å².